The minimum absolute atomic E-state index is 0.0649. The van der Waals surface area contributed by atoms with E-state index in [0.29, 0.717) is 19.3 Å². The van der Waals surface area contributed by atoms with Gasteiger partial charge in [-0.1, -0.05) is 41.0 Å². The van der Waals surface area contributed by atoms with Gasteiger partial charge in [0.1, 0.15) is 18.1 Å². The number of carbonyl (C=O) groups is 4. The lowest BCUT2D eigenvalue weighted by Gasteiger charge is -2.28. The molecule has 0 spiro atoms. The topological polar surface area (TPSA) is 137 Å². The first-order chi connectivity index (χ1) is 14.4. The third-order valence-corrected chi connectivity index (χ3v) is 5.72. The molecule has 5 atom stereocenters. The van der Waals surface area contributed by atoms with Crippen LogP contribution in [-0.2, 0) is 19.2 Å². The molecule has 31 heavy (non-hydrogen) atoms. The highest BCUT2D eigenvalue weighted by Gasteiger charge is 2.32. The molecule has 178 valence electrons. The standard InChI is InChI=1S/C22H40N4O5/c1-7-13(2)17(20(29)25-16(21(30)31)10-11-22(4,5)6)26-18(27)14(3)24-19(28)15-9-8-12-23-15/h13-17,23H,7-12H2,1-6H3,(H,24,28)(H,25,29)(H,26,27)(H,30,31)/t13?,14?,15-,16?,17?/m0/s1. The van der Waals surface area contributed by atoms with Gasteiger partial charge < -0.3 is 26.4 Å². The number of carboxylic acids is 1. The highest BCUT2D eigenvalue weighted by Crippen LogP contribution is 2.22. The molecule has 9 heteroatoms. The van der Waals surface area contributed by atoms with Crippen molar-refractivity contribution < 1.29 is 24.3 Å². The molecule has 0 aromatic heterocycles. The Bertz CT molecular complexity index is 640. The van der Waals surface area contributed by atoms with E-state index >= 15 is 0 Å². The Hall–Kier alpha value is -2.16. The van der Waals surface area contributed by atoms with Crippen LogP contribution in [-0.4, -0.2) is 59.5 Å². The maximum Gasteiger partial charge on any atom is 0.326 e. The maximum absolute atomic E-state index is 12.9. The molecule has 0 bridgehead atoms. The van der Waals surface area contributed by atoms with Gasteiger partial charge in [-0.25, -0.2) is 4.79 Å². The first kappa shape index (κ1) is 26.9. The first-order valence-electron chi connectivity index (χ1n) is 11.2. The van der Waals surface area contributed by atoms with Gasteiger partial charge in [-0.3, -0.25) is 14.4 Å². The second-order valence-corrected chi connectivity index (χ2v) is 9.75. The normalized spacial score (nSPS) is 20.3. The lowest BCUT2D eigenvalue weighted by molar-refractivity contribution is -0.143. The van der Waals surface area contributed by atoms with Crippen LogP contribution in [0, 0.1) is 11.3 Å². The molecule has 1 aliphatic heterocycles. The van der Waals surface area contributed by atoms with E-state index < -0.39 is 35.9 Å². The van der Waals surface area contributed by atoms with E-state index in [2.05, 4.69) is 21.3 Å². The minimum Gasteiger partial charge on any atom is -0.480 e. The zero-order chi connectivity index (χ0) is 23.8. The molecular weight excluding hydrogens is 400 g/mol. The first-order valence-corrected chi connectivity index (χ1v) is 11.2. The molecule has 4 unspecified atom stereocenters. The van der Waals surface area contributed by atoms with Crippen LogP contribution in [0.5, 0.6) is 0 Å². The molecule has 3 amide bonds. The number of hydrogen-bond acceptors (Lipinski definition) is 5. The van der Waals surface area contributed by atoms with Gasteiger partial charge in [0.2, 0.25) is 17.7 Å². The van der Waals surface area contributed by atoms with Gasteiger partial charge in [-0.05, 0) is 50.5 Å². The lowest BCUT2D eigenvalue weighted by Crippen LogP contribution is -2.58. The zero-order valence-corrected chi connectivity index (χ0v) is 19.7. The molecule has 0 aromatic rings. The molecule has 9 nitrogen and oxygen atoms in total. The van der Waals surface area contributed by atoms with Gasteiger partial charge in [-0.2, -0.15) is 0 Å². The highest BCUT2D eigenvalue weighted by molar-refractivity contribution is 5.94. The Morgan fingerprint density at radius 2 is 1.71 bits per heavy atom. The number of nitrogens with one attached hydrogen (secondary N) is 4. The second kappa shape index (κ2) is 12.0. The van der Waals surface area contributed by atoms with Crippen LogP contribution < -0.4 is 21.3 Å². The molecule has 1 saturated heterocycles. The van der Waals surface area contributed by atoms with E-state index in [1.165, 1.54) is 0 Å². The minimum atomic E-state index is -1.10. The van der Waals surface area contributed by atoms with Gasteiger partial charge in [0.05, 0.1) is 6.04 Å². The van der Waals surface area contributed by atoms with E-state index in [9.17, 15) is 24.3 Å². The van der Waals surface area contributed by atoms with Crippen LogP contribution in [0.15, 0.2) is 0 Å². The third kappa shape index (κ3) is 9.25. The summed E-state index contributed by atoms with van der Waals surface area (Å²) in [5.41, 5.74) is -0.0649. The lowest BCUT2D eigenvalue weighted by atomic mass is 9.88. The summed E-state index contributed by atoms with van der Waals surface area (Å²) < 4.78 is 0. The Labute approximate surface area is 185 Å². The molecule has 0 radical (unpaired) electrons. The van der Waals surface area contributed by atoms with E-state index in [4.69, 9.17) is 0 Å². The molecule has 5 N–H and O–H groups in total. The van der Waals surface area contributed by atoms with Crippen LogP contribution >= 0.6 is 0 Å². The number of rotatable bonds is 11. The van der Waals surface area contributed by atoms with Crippen LogP contribution in [0.2, 0.25) is 0 Å². The zero-order valence-electron chi connectivity index (χ0n) is 19.7. The van der Waals surface area contributed by atoms with Crippen molar-refractivity contribution in [3.63, 3.8) is 0 Å². The van der Waals surface area contributed by atoms with E-state index in [1.54, 1.807) is 6.92 Å². The number of aliphatic carboxylic acids is 1. The predicted octanol–water partition coefficient (Wildman–Crippen LogP) is 1.17. The Morgan fingerprint density at radius 1 is 1.06 bits per heavy atom. The van der Waals surface area contributed by atoms with Crippen molar-refractivity contribution in [1.82, 2.24) is 21.3 Å². The Morgan fingerprint density at radius 3 is 2.19 bits per heavy atom. The fourth-order valence-electron chi connectivity index (χ4n) is 3.36. The van der Waals surface area contributed by atoms with Crippen molar-refractivity contribution in [2.24, 2.45) is 11.3 Å². The number of amides is 3. The van der Waals surface area contributed by atoms with Crippen molar-refractivity contribution >= 4 is 23.7 Å². The molecule has 0 saturated carbocycles. The van der Waals surface area contributed by atoms with Gasteiger partial charge in [-0.15, -0.1) is 0 Å². The monoisotopic (exact) mass is 440 g/mol. The molecule has 1 fully saturated rings. The summed E-state index contributed by atoms with van der Waals surface area (Å²) in [5.74, 6) is -2.55. The van der Waals surface area contributed by atoms with E-state index in [0.717, 1.165) is 19.4 Å². The molecule has 0 aromatic carbocycles. The van der Waals surface area contributed by atoms with Crippen LogP contribution in [0.25, 0.3) is 0 Å². The molecule has 0 aliphatic carbocycles. The molecule has 1 rings (SSSR count). The average molecular weight is 441 g/mol. The molecule has 1 heterocycles. The summed E-state index contributed by atoms with van der Waals surface area (Å²) in [6.07, 6.45) is 3.18. The number of carbonyl (C=O) groups excluding carboxylic acids is 3. The van der Waals surface area contributed by atoms with Gasteiger partial charge in [0, 0.05) is 0 Å². The van der Waals surface area contributed by atoms with Crippen molar-refractivity contribution in [2.75, 3.05) is 6.54 Å². The van der Waals surface area contributed by atoms with Crippen molar-refractivity contribution in [1.29, 1.82) is 0 Å². The Balaban J connectivity index is 2.76. The summed E-state index contributed by atoms with van der Waals surface area (Å²) in [7, 11) is 0. The van der Waals surface area contributed by atoms with Crippen LogP contribution in [0.1, 0.15) is 73.6 Å². The van der Waals surface area contributed by atoms with Crippen molar-refractivity contribution in [3.05, 3.63) is 0 Å². The SMILES string of the molecule is CCC(C)C(NC(=O)C(C)NC(=O)[C@@H]1CCCN1)C(=O)NC(CCC(C)(C)C)C(=O)O. The fourth-order valence-corrected chi connectivity index (χ4v) is 3.36. The van der Waals surface area contributed by atoms with E-state index in [-0.39, 0.29) is 23.3 Å². The molecule has 1 aliphatic rings. The number of hydrogen-bond donors (Lipinski definition) is 5. The molecular formula is C22H40N4O5. The summed E-state index contributed by atoms with van der Waals surface area (Å²) in [5, 5.41) is 20.6. The van der Waals surface area contributed by atoms with E-state index in [1.807, 2.05) is 34.6 Å². The van der Waals surface area contributed by atoms with Crippen LogP contribution in [0.4, 0.5) is 0 Å². The van der Waals surface area contributed by atoms with Gasteiger partial charge in [0.15, 0.2) is 0 Å². The third-order valence-electron chi connectivity index (χ3n) is 5.72. The summed E-state index contributed by atoms with van der Waals surface area (Å²) in [6.45, 7) is 12.1. The number of carboxylic acid groups (broad SMARTS) is 1. The predicted molar refractivity (Wildman–Crippen MR) is 118 cm³/mol. The highest BCUT2D eigenvalue weighted by atomic mass is 16.4. The summed E-state index contributed by atoms with van der Waals surface area (Å²) in [6, 6.07) is -3.04. The van der Waals surface area contributed by atoms with Gasteiger partial charge in [0.25, 0.3) is 0 Å². The second-order valence-electron chi connectivity index (χ2n) is 9.75. The Kier molecular flexibility index (Phi) is 10.4. The maximum atomic E-state index is 12.9. The van der Waals surface area contributed by atoms with Crippen molar-refractivity contribution in [2.45, 2.75) is 97.8 Å². The largest absolute Gasteiger partial charge is 0.480 e. The fraction of sp³-hybridized carbons (Fsp3) is 0.818. The van der Waals surface area contributed by atoms with Gasteiger partial charge >= 0.3 is 5.97 Å². The smallest absolute Gasteiger partial charge is 0.326 e. The van der Waals surface area contributed by atoms with Crippen molar-refractivity contribution in [3.8, 4) is 0 Å². The van der Waals surface area contributed by atoms with Crippen LogP contribution in [0.3, 0.4) is 0 Å². The quantitative estimate of drug-likeness (QED) is 0.327. The summed E-state index contributed by atoms with van der Waals surface area (Å²) >= 11 is 0. The summed E-state index contributed by atoms with van der Waals surface area (Å²) in [4.78, 5) is 49.4. The average Bonchev–Trinajstić information content (AvgIpc) is 3.22.